The molecule has 118 valence electrons. The minimum absolute atomic E-state index is 0.370. The molecule has 3 heteroatoms. The van der Waals surface area contributed by atoms with Gasteiger partial charge >= 0.3 is 0 Å². The number of para-hydroxylation sites is 1. The lowest BCUT2D eigenvalue weighted by molar-refractivity contribution is 0.122. The number of hydrogen-bond acceptors (Lipinski definition) is 3. The highest BCUT2D eigenvalue weighted by atomic mass is 16.5. The van der Waals surface area contributed by atoms with Crippen molar-refractivity contribution in [2.24, 2.45) is 5.41 Å². The van der Waals surface area contributed by atoms with E-state index in [1.165, 1.54) is 18.4 Å². The Bertz CT molecular complexity index is 429. The van der Waals surface area contributed by atoms with E-state index in [9.17, 15) is 0 Å². The molecule has 1 aliphatic heterocycles. The molecule has 1 heterocycles. The third-order valence-electron chi connectivity index (χ3n) is 4.84. The van der Waals surface area contributed by atoms with Crippen LogP contribution in [0.3, 0.4) is 0 Å². The summed E-state index contributed by atoms with van der Waals surface area (Å²) in [5, 5.41) is 3.56. The SMILES string of the molecule is CCNCC(CC)(CC)CN1CCOc2ccccc2C1. The van der Waals surface area contributed by atoms with Crippen LogP contribution >= 0.6 is 0 Å². The molecule has 21 heavy (non-hydrogen) atoms. The maximum atomic E-state index is 5.88. The fourth-order valence-corrected chi connectivity index (χ4v) is 3.16. The summed E-state index contributed by atoms with van der Waals surface area (Å²) in [6.07, 6.45) is 2.44. The number of benzene rings is 1. The van der Waals surface area contributed by atoms with Crippen molar-refractivity contribution in [2.45, 2.75) is 40.2 Å². The quantitative estimate of drug-likeness (QED) is 0.834. The molecular weight excluding hydrogens is 260 g/mol. The molecule has 0 amide bonds. The Morgan fingerprint density at radius 2 is 1.95 bits per heavy atom. The smallest absolute Gasteiger partial charge is 0.123 e. The van der Waals surface area contributed by atoms with E-state index in [0.717, 1.165) is 45.1 Å². The molecule has 1 aromatic carbocycles. The summed E-state index contributed by atoms with van der Waals surface area (Å²) in [6.45, 7) is 12.9. The van der Waals surface area contributed by atoms with Gasteiger partial charge in [-0.15, -0.1) is 0 Å². The first-order chi connectivity index (χ1) is 10.2. The van der Waals surface area contributed by atoms with Gasteiger partial charge in [0.15, 0.2) is 0 Å². The molecule has 0 radical (unpaired) electrons. The highest BCUT2D eigenvalue weighted by Gasteiger charge is 2.29. The number of rotatable bonds is 7. The van der Waals surface area contributed by atoms with E-state index in [4.69, 9.17) is 4.74 Å². The Kier molecular flexibility index (Phi) is 6.07. The largest absolute Gasteiger partial charge is 0.492 e. The van der Waals surface area contributed by atoms with Gasteiger partial charge in [0.1, 0.15) is 12.4 Å². The molecule has 1 N–H and O–H groups in total. The highest BCUT2D eigenvalue weighted by Crippen LogP contribution is 2.30. The summed E-state index contributed by atoms with van der Waals surface area (Å²) in [6, 6.07) is 8.45. The van der Waals surface area contributed by atoms with Crippen molar-refractivity contribution in [1.29, 1.82) is 0 Å². The normalized spacial score (nSPS) is 16.1. The molecular formula is C18H30N2O. The van der Waals surface area contributed by atoms with Gasteiger partial charge < -0.3 is 10.1 Å². The van der Waals surface area contributed by atoms with Gasteiger partial charge in [0, 0.05) is 31.7 Å². The Labute approximate surface area is 129 Å². The predicted molar refractivity (Wildman–Crippen MR) is 88.8 cm³/mol. The van der Waals surface area contributed by atoms with E-state index in [1.807, 2.05) is 0 Å². The van der Waals surface area contributed by atoms with E-state index in [2.05, 4.69) is 55.3 Å². The Morgan fingerprint density at radius 1 is 1.19 bits per heavy atom. The molecule has 0 aromatic heterocycles. The summed E-state index contributed by atoms with van der Waals surface area (Å²) in [7, 11) is 0. The average molecular weight is 290 g/mol. The summed E-state index contributed by atoms with van der Waals surface area (Å²) in [4.78, 5) is 2.57. The van der Waals surface area contributed by atoms with Gasteiger partial charge in [-0.3, -0.25) is 4.90 Å². The van der Waals surface area contributed by atoms with Crippen molar-refractivity contribution in [3.8, 4) is 5.75 Å². The molecule has 1 aliphatic rings. The van der Waals surface area contributed by atoms with Gasteiger partial charge in [0.2, 0.25) is 0 Å². The number of ether oxygens (including phenoxy) is 1. The molecule has 3 nitrogen and oxygen atoms in total. The van der Waals surface area contributed by atoms with Crippen molar-refractivity contribution in [2.75, 3.05) is 32.8 Å². The summed E-state index contributed by atoms with van der Waals surface area (Å²) < 4.78 is 5.88. The summed E-state index contributed by atoms with van der Waals surface area (Å²) in [5.74, 6) is 1.06. The van der Waals surface area contributed by atoms with Crippen molar-refractivity contribution >= 4 is 0 Å². The molecule has 0 bridgehead atoms. The molecule has 0 saturated heterocycles. The van der Waals surface area contributed by atoms with Crippen LogP contribution in [0.25, 0.3) is 0 Å². The maximum Gasteiger partial charge on any atom is 0.123 e. The molecule has 1 aromatic rings. The number of nitrogens with zero attached hydrogens (tertiary/aromatic N) is 1. The lowest BCUT2D eigenvalue weighted by Gasteiger charge is -2.37. The monoisotopic (exact) mass is 290 g/mol. The van der Waals surface area contributed by atoms with Gasteiger partial charge in [0.05, 0.1) is 0 Å². The van der Waals surface area contributed by atoms with Crippen LogP contribution in [0.4, 0.5) is 0 Å². The Hall–Kier alpha value is -1.06. The van der Waals surface area contributed by atoms with E-state index in [1.54, 1.807) is 0 Å². The molecule has 0 saturated carbocycles. The van der Waals surface area contributed by atoms with Gasteiger partial charge in [0.25, 0.3) is 0 Å². The second-order valence-corrected chi connectivity index (χ2v) is 6.15. The standard InChI is InChI=1S/C18H30N2O/c1-4-18(5-2,14-19-6-3)15-20-11-12-21-17-10-8-7-9-16(17)13-20/h7-10,19H,4-6,11-15H2,1-3H3. The van der Waals surface area contributed by atoms with Gasteiger partial charge in [-0.05, 0) is 30.9 Å². The van der Waals surface area contributed by atoms with Crippen LogP contribution in [0.2, 0.25) is 0 Å². The molecule has 2 rings (SSSR count). The van der Waals surface area contributed by atoms with Crippen molar-refractivity contribution in [3.63, 3.8) is 0 Å². The van der Waals surface area contributed by atoms with E-state index < -0.39 is 0 Å². The van der Waals surface area contributed by atoms with Crippen LogP contribution in [0, 0.1) is 5.41 Å². The van der Waals surface area contributed by atoms with Crippen LogP contribution in [0.5, 0.6) is 5.75 Å². The maximum absolute atomic E-state index is 5.88. The first-order valence-corrected chi connectivity index (χ1v) is 8.37. The lowest BCUT2D eigenvalue weighted by atomic mass is 9.81. The fraction of sp³-hybridized carbons (Fsp3) is 0.667. The van der Waals surface area contributed by atoms with Gasteiger partial charge in [-0.2, -0.15) is 0 Å². The number of nitrogens with one attached hydrogen (secondary N) is 1. The zero-order chi connectivity index (χ0) is 15.1. The van der Waals surface area contributed by atoms with Gasteiger partial charge in [-0.25, -0.2) is 0 Å². The molecule has 0 spiro atoms. The van der Waals surface area contributed by atoms with Crippen LogP contribution < -0.4 is 10.1 Å². The Balaban J connectivity index is 2.07. The topological polar surface area (TPSA) is 24.5 Å². The lowest BCUT2D eigenvalue weighted by Crippen LogP contribution is -2.44. The predicted octanol–water partition coefficient (Wildman–Crippen LogP) is 3.30. The van der Waals surface area contributed by atoms with Crippen LogP contribution in [-0.2, 0) is 6.54 Å². The second kappa shape index (κ2) is 7.81. The van der Waals surface area contributed by atoms with E-state index in [0.29, 0.717) is 5.41 Å². The van der Waals surface area contributed by atoms with Crippen LogP contribution in [0.1, 0.15) is 39.2 Å². The van der Waals surface area contributed by atoms with Crippen LogP contribution in [0.15, 0.2) is 24.3 Å². The first kappa shape index (κ1) is 16.3. The minimum Gasteiger partial charge on any atom is -0.492 e. The zero-order valence-corrected chi connectivity index (χ0v) is 13.8. The minimum atomic E-state index is 0.370. The first-order valence-electron chi connectivity index (χ1n) is 8.37. The molecule has 0 aliphatic carbocycles. The molecule has 0 atom stereocenters. The van der Waals surface area contributed by atoms with Crippen molar-refractivity contribution in [3.05, 3.63) is 29.8 Å². The highest BCUT2D eigenvalue weighted by molar-refractivity contribution is 5.33. The molecule has 0 fully saturated rings. The fourth-order valence-electron chi connectivity index (χ4n) is 3.16. The summed E-state index contributed by atoms with van der Waals surface area (Å²) in [5.41, 5.74) is 1.69. The van der Waals surface area contributed by atoms with E-state index in [-0.39, 0.29) is 0 Å². The zero-order valence-electron chi connectivity index (χ0n) is 13.8. The third-order valence-corrected chi connectivity index (χ3v) is 4.84. The van der Waals surface area contributed by atoms with Crippen molar-refractivity contribution in [1.82, 2.24) is 10.2 Å². The molecule has 0 unspecified atom stereocenters. The number of hydrogen-bond donors (Lipinski definition) is 1. The van der Waals surface area contributed by atoms with E-state index >= 15 is 0 Å². The number of fused-ring (bicyclic) bond motifs is 1. The average Bonchev–Trinajstić information content (AvgIpc) is 2.73. The summed E-state index contributed by atoms with van der Waals surface area (Å²) >= 11 is 0. The van der Waals surface area contributed by atoms with Crippen molar-refractivity contribution < 1.29 is 4.74 Å². The Morgan fingerprint density at radius 3 is 2.67 bits per heavy atom. The van der Waals surface area contributed by atoms with Gasteiger partial charge in [-0.1, -0.05) is 39.0 Å². The third kappa shape index (κ3) is 4.21. The second-order valence-electron chi connectivity index (χ2n) is 6.15. The van der Waals surface area contributed by atoms with Crippen LogP contribution in [-0.4, -0.2) is 37.7 Å².